The maximum absolute atomic E-state index is 4.77. The molecule has 27 heavy (non-hydrogen) atoms. The van der Waals surface area contributed by atoms with Crippen molar-refractivity contribution in [1.82, 2.24) is 20.2 Å². The Labute approximate surface area is 163 Å². The molecule has 1 fully saturated rings. The fraction of sp³-hybridized carbons (Fsp3) is 0.250. The summed E-state index contributed by atoms with van der Waals surface area (Å²) in [5.74, 6) is 5.39. The summed E-state index contributed by atoms with van der Waals surface area (Å²) in [5, 5.41) is 10.5. The van der Waals surface area contributed by atoms with E-state index in [4.69, 9.17) is 4.98 Å². The topological polar surface area (TPSA) is 69.7 Å². The quantitative estimate of drug-likeness (QED) is 0.700. The molecule has 0 spiro atoms. The number of aromatic nitrogens is 4. The smallest absolute Gasteiger partial charge is 0.156 e. The van der Waals surface area contributed by atoms with Gasteiger partial charge in [0.2, 0.25) is 0 Å². The number of rotatable bonds is 5. The minimum Gasteiger partial charge on any atom is -0.355 e. The Hall–Kier alpha value is -2.80. The second-order valence-electron chi connectivity index (χ2n) is 6.37. The maximum atomic E-state index is 4.77. The van der Waals surface area contributed by atoms with Gasteiger partial charge >= 0.3 is 0 Å². The van der Waals surface area contributed by atoms with Crippen molar-refractivity contribution in [3.8, 4) is 0 Å². The van der Waals surface area contributed by atoms with Gasteiger partial charge in [0.05, 0.1) is 0 Å². The van der Waals surface area contributed by atoms with Gasteiger partial charge in [-0.3, -0.25) is 5.10 Å². The minimum atomic E-state index is 0.685. The summed E-state index contributed by atoms with van der Waals surface area (Å²) >= 11 is 1.99. The largest absolute Gasteiger partial charge is 0.355 e. The van der Waals surface area contributed by atoms with Crippen LogP contribution in [0.25, 0.3) is 12.2 Å². The number of benzene rings is 1. The highest BCUT2D eigenvalue weighted by molar-refractivity contribution is 7.99. The molecule has 0 unspecified atom stereocenters. The zero-order chi connectivity index (χ0) is 18.5. The molecule has 2 N–H and O–H groups in total. The van der Waals surface area contributed by atoms with Gasteiger partial charge in [-0.25, -0.2) is 9.97 Å². The first-order valence-electron chi connectivity index (χ1n) is 9.00. The molecule has 1 aromatic carbocycles. The van der Waals surface area contributed by atoms with Gasteiger partial charge in [-0.15, -0.1) is 0 Å². The molecule has 0 radical (unpaired) electrons. The average Bonchev–Trinajstić information content (AvgIpc) is 3.12. The van der Waals surface area contributed by atoms with Crippen molar-refractivity contribution in [1.29, 1.82) is 0 Å². The number of H-pyrrole nitrogens is 1. The molecule has 0 saturated carbocycles. The molecular weight excluding hydrogens is 356 g/mol. The first-order chi connectivity index (χ1) is 13.3. The van der Waals surface area contributed by atoms with Gasteiger partial charge in [0.25, 0.3) is 0 Å². The standard InChI is InChI=1S/C20H22N6S/c1-15-13-19(25-24-15)22-18-14-20(26-9-11-27-12-10-26)23-17(21-18)8-7-16-5-3-2-4-6-16/h2-8,13-14H,9-12H2,1H3,(H2,21,22,23,24,25). The summed E-state index contributed by atoms with van der Waals surface area (Å²) in [5.41, 5.74) is 2.13. The van der Waals surface area contributed by atoms with Crippen molar-refractivity contribution in [2.45, 2.75) is 6.92 Å². The van der Waals surface area contributed by atoms with Gasteiger partial charge < -0.3 is 10.2 Å². The molecule has 0 atom stereocenters. The van der Waals surface area contributed by atoms with Crippen LogP contribution >= 0.6 is 11.8 Å². The summed E-state index contributed by atoms with van der Waals surface area (Å²) in [6.07, 6.45) is 3.99. The van der Waals surface area contributed by atoms with Gasteiger partial charge in [0, 0.05) is 42.4 Å². The molecule has 0 aliphatic carbocycles. The van der Waals surface area contributed by atoms with Crippen LogP contribution in [-0.2, 0) is 0 Å². The third-order valence-electron chi connectivity index (χ3n) is 4.25. The molecule has 3 aromatic rings. The highest BCUT2D eigenvalue weighted by Gasteiger charge is 2.15. The molecule has 7 heteroatoms. The average molecular weight is 379 g/mol. The number of nitrogens with one attached hydrogen (secondary N) is 2. The Morgan fingerprint density at radius 1 is 1.04 bits per heavy atom. The zero-order valence-corrected chi connectivity index (χ0v) is 16.0. The van der Waals surface area contributed by atoms with Gasteiger partial charge in [-0.05, 0) is 18.6 Å². The van der Waals surface area contributed by atoms with Crippen molar-refractivity contribution < 1.29 is 0 Å². The lowest BCUT2D eigenvalue weighted by Gasteiger charge is -2.27. The minimum absolute atomic E-state index is 0.685. The monoisotopic (exact) mass is 378 g/mol. The number of nitrogens with zero attached hydrogens (tertiary/aromatic N) is 4. The van der Waals surface area contributed by atoms with E-state index >= 15 is 0 Å². The number of anilines is 3. The van der Waals surface area contributed by atoms with Crippen LogP contribution < -0.4 is 10.2 Å². The lowest BCUT2D eigenvalue weighted by Crippen LogP contribution is -2.33. The molecule has 1 saturated heterocycles. The highest BCUT2D eigenvalue weighted by Crippen LogP contribution is 2.22. The molecule has 138 valence electrons. The van der Waals surface area contributed by atoms with Gasteiger partial charge in [0.15, 0.2) is 11.6 Å². The molecule has 1 aliphatic rings. The lowest BCUT2D eigenvalue weighted by molar-refractivity contribution is 0.834. The van der Waals surface area contributed by atoms with Crippen LogP contribution in [0.2, 0.25) is 0 Å². The zero-order valence-electron chi connectivity index (χ0n) is 15.2. The molecule has 0 amide bonds. The first kappa shape index (κ1) is 17.6. The highest BCUT2D eigenvalue weighted by atomic mass is 32.2. The summed E-state index contributed by atoms with van der Waals surface area (Å²) in [7, 11) is 0. The Morgan fingerprint density at radius 3 is 2.59 bits per heavy atom. The number of aryl methyl sites for hydroxylation is 1. The normalized spacial score (nSPS) is 14.6. The number of aromatic amines is 1. The Kier molecular flexibility index (Phi) is 5.39. The van der Waals surface area contributed by atoms with Crippen LogP contribution in [0.4, 0.5) is 17.5 Å². The fourth-order valence-corrected chi connectivity index (χ4v) is 3.80. The van der Waals surface area contributed by atoms with E-state index in [1.807, 2.05) is 61.2 Å². The Bertz CT molecular complexity index is 915. The van der Waals surface area contributed by atoms with E-state index in [0.717, 1.165) is 53.3 Å². The van der Waals surface area contributed by atoms with Crippen LogP contribution in [0.3, 0.4) is 0 Å². The van der Waals surface area contributed by atoms with Crippen LogP contribution in [0.1, 0.15) is 17.1 Å². The predicted molar refractivity (Wildman–Crippen MR) is 114 cm³/mol. The van der Waals surface area contributed by atoms with Gasteiger partial charge in [-0.1, -0.05) is 36.4 Å². The Morgan fingerprint density at radius 2 is 1.85 bits per heavy atom. The van der Waals surface area contributed by atoms with Crippen LogP contribution in [0, 0.1) is 6.92 Å². The van der Waals surface area contributed by atoms with Gasteiger partial charge in [-0.2, -0.15) is 16.9 Å². The third-order valence-corrected chi connectivity index (χ3v) is 5.19. The molecule has 4 rings (SSSR count). The summed E-state index contributed by atoms with van der Waals surface area (Å²) in [6, 6.07) is 14.1. The number of hydrogen-bond donors (Lipinski definition) is 2. The molecular formula is C20H22N6S. The molecule has 3 heterocycles. The second-order valence-corrected chi connectivity index (χ2v) is 7.60. The van der Waals surface area contributed by atoms with E-state index in [9.17, 15) is 0 Å². The van der Waals surface area contributed by atoms with Crippen molar-refractivity contribution in [2.75, 3.05) is 34.8 Å². The second kappa shape index (κ2) is 8.26. The van der Waals surface area contributed by atoms with E-state index in [1.54, 1.807) is 0 Å². The fourth-order valence-electron chi connectivity index (χ4n) is 2.89. The maximum Gasteiger partial charge on any atom is 0.156 e. The summed E-state index contributed by atoms with van der Waals surface area (Å²) in [6.45, 7) is 3.98. The molecule has 2 aromatic heterocycles. The predicted octanol–water partition coefficient (Wildman–Crippen LogP) is 3.98. The van der Waals surface area contributed by atoms with Crippen LogP contribution in [-0.4, -0.2) is 44.8 Å². The van der Waals surface area contributed by atoms with Crippen molar-refractivity contribution in [2.24, 2.45) is 0 Å². The van der Waals surface area contributed by atoms with Crippen molar-refractivity contribution >= 4 is 41.4 Å². The molecule has 1 aliphatic heterocycles. The summed E-state index contributed by atoms with van der Waals surface area (Å²) in [4.78, 5) is 11.7. The van der Waals surface area contributed by atoms with Crippen molar-refractivity contribution in [3.63, 3.8) is 0 Å². The molecule has 0 bridgehead atoms. The van der Waals surface area contributed by atoms with E-state index in [-0.39, 0.29) is 0 Å². The molecule has 6 nitrogen and oxygen atoms in total. The number of hydrogen-bond acceptors (Lipinski definition) is 6. The van der Waals surface area contributed by atoms with E-state index in [0.29, 0.717) is 5.82 Å². The van der Waals surface area contributed by atoms with E-state index in [2.05, 4.69) is 37.5 Å². The number of thioether (sulfide) groups is 1. The van der Waals surface area contributed by atoms with Gasteiger partial charge in [0.1, 0.15) is 11.6 Å². The van der Waals surface area contributed by atoms with Crippen molar-refractivity contribution in [3.05, 3.63) is 59.5 Å². The Balaban J connectivity index is 1.64. The third kappa shape index (κ3) is 4.68. The van der Waals surface area contributed by atoms with Crippen LogP contribution in [0.5, 0.6) is 0 Å². The van der Waals surface area contributed by atoms with E-state index in [1.165, 1.54) is 0 Å². The first-order valence-corrected chi connectivity index (χ1v) is 10.2. The summed E-state index contributed by atoms with van der Waals surface area (Å²) < 4.78 is 0. The van der Waals surface area contributed by atoms with E-state index < -0.39 is 0 Å². The lowest BCUT2D eigenvalue weighted by atomic mass is 10.2. The van der Waals surface area contributed by atoms with Crippen LogP contribution in [0.15, 0.2) is 42.5 Å². The SMILES string of the molecule is Cc1cc(Nc2cc(N3CCSCC3)nc(C=Cc3ccccc3)n2)n[nH]1.